The molecule has 0 saturated heterocycles. The average Bonchev–Trinajstić information content (AvgIpc) is 1.65. The summed E-state index contributed by atoms with van der Waals surface area (Å²) in [5.74, 6) is 0. The Kier molecular flexibility index (Phi) is 2.10. The quantitative estimate of drug-likeness (QED) is 0.424. The molecule has 0 rings (SSSR count). The summed E-state index contributed by atoms with van der Waals surface area (Å²) in [4.78, 5) is 0. The summed E-state index contributed by atoms with van der Waals surface area (Å²) in [5, 5.41) is 17.5. The molecule has 2 nitrogen and oxygen atoms in total. The minimum Gasteiger partial charge on any atom is -0.212 e. The van der Waals surface area contributed by atoms with Crippen LogP contribution in [0.15, 0.2) is 12.7 Å². The maximum absolute atomic E-state index is 9.78. The van der Waals surface area contributed by atoms with Crippen molar-refractivity contribution in [3.8, 4) is 6.07 Å². The van der Waals surface area contributed by atoms with Crippen LogP contribution < -0.4 is 0 Å². The molecule has 0 spiro atoms. The molecule has 0 aromatic carbocycles. The lowest BCUT2D eigenvalue weighted by Gasteiger charge is -1.76. The van der Waals surface area contributed by atoms with Crippen LogP contribution in [-0.2, 0) is 5.11 Å². The Bertz CT molecular complexity index is 82.0. The van der Waals surface area contributed by atoms with Crippen LogP contribution in [0.5, 0.6) is 0 Å². The molecule has 0 saturated carbocycles. The van der Waals surface area contributed by atoms with Crippen molar-refractivity contribution < 1.29 is 5.11 Å². The molecule has 0 aliphatic carbocycles. The van der Waals surface area contributed by atoms with Crippen LogP contribution in [0, 0.1) is 11.3 Å². The highest BCUT2D eigenvalue weighted by Gasteiger charge is 1.89. The van der Waals surface area contributed by atoms with Crippen molar-refractivity contribution in [1.29, 1.82) is 5.26 Å². The molecule has 2 heteroatoms. The first kappa shape index (κ1) is 5.19. The summed E-state index contributed by atoms with van der Waals surface area (Å²) >= 11 is 0. The Labute approximate surface area is 36.3 Å². The number of hydrogen-bond acceptors (Lipinski definition) is 1. The van der Waals surface area contributed by atoms with E-state index in [0.717, 1.165) is 6.08 Å². The zero-order valence-electron chi connectivity index (χ0n) is 3.22. The van der Waals surface area contributed by atoms with E-state index in [1.165, 1.54) is 6.07 Å². The topological polar surface area (TPSA) is 43.7 Å². The fourth-order valence-electron chi connectivity index (χ4n) is 0.0527. The van der Waals surface area contributed by atoms with Crippen LogP contribution in [0.25, 0.3) is 0 Å². The van der Waals surface area contributed by atoms with Crippen molar-refractivity contribution >= 4 is 0 Å². The molecule has 1 atom stereocenters. The van der Waals surface area contributed by atoms with E-state index in [9.17, 15) is 5.11 Å². The van der Waals surface area contributed by atoms with Gasteiger partial charge < -0.3 is 0 Å². The lowest BCUT2D eigenvalue weighted by Crippen LogP contribution is -1.90. The van der Waals surface area contributed by atoms with Gasteiger partial charge in [0.2, 0.25) is 0 Å². The van der Waals surface area contributed by atoms with E-state index >= 15 is 0 Å². The Morgan fingerprint density at radius 1 is 2.00 bits per heavy atom. The standard InChI is InChI=1S/C4H4NO/c1-2-4(6)3-5/h2,4H,1H2. The van der Waals surface area contributed by atoms with Gasteiger partial charge in [-0.3, -0.25) is 0 Å². The fourth-order valence-corrected chi connectivity index (χ4v) is 0.0527. The summed E-state index contributed by atoms with van der Waals surface area (Å²) < 4.78 is 0. The minimum atomic E-state index is -1.25. The second-order valence-electron chi connectivity index (χ2n) is 0.785. The third kappa shape index (κ3) is 1.50. The van der Waals surface area contributed by atoms with Crippen molar-refractivity contribution in [2.75, 3.05) is 0 Å². The predicted octanol–water partition coefficient (Wildman–Crippen LogP) is 0.495. The molecule has 0 aliphatic heterocycles. The zero-order valence-corrected chi connectivity index (χ0v) is 3.22. The third-order valence-electron chi connectivity index (χ3n) is 0.341. The van der Waals surface area contributed by atoms with Gasteiger partial charge in [-0.15, -0.1) is 0 Å². The number of hydrogen-bond donors (Lipinski definition) is 0. The Morgan fingerprint density at radius 2 is 2.50 bits per heavy atom. The number of nitrogens with zero attached hydrogens (tertiary/aromatic N) is 1. The lowest BCUT2D eigenvalue weighted by atomic mass is 10.4. The van der Waals surface area contributed by atoms with Gasteiger partial charge in [0, 0.05) is 0 Å². The molecule has 0 aromatic rings. The Balaban J connectivity index is 3.30. The molecule has 0 heterocycles. The molecule has 6 heavy (non-hydrogen) atoms. The molecule has 0 aromatic heterocycles. The van der Waals surface area contributed by atoms with Gasteiger partial charge in [0.25, 0.3) is 0 Å². The van der Waals surface area contributed by atoms with Crippen LogP contribution in [0.1, 0.15) is 0 Å². The first-order valence-electron chi connectivity index (χ1n) is 1.49. The summed E-state index contributed by atoms with van der Waals surface area (Å²) in [7, 11) is 0. The SMILES string of the molecule is C=CC([O])C#N. The Morgan fingerprint density at radius 3 is 2.50 bits per heavy atom. The maximum Gasteiger partial charge on any atom is 0.197 e. The van der Waals surface area contributed by atoms with Gasteiger partial charge in [-0.05, 0) is 6.08 Å². The maximum atomic E-state index is 9.78. The second-order valence-corrected chi connectivity index (χ2v) is 0.785. The van der Waals surface area contributed by atoms with Gasteiger partial charge in [0.1, 0.15) is 6.07 Å². The van der Waals surface area contributed by atoms with E-state index in [1.807, 2.05) is 0 Å². The summed E-state index contributed by atoms with van der Waals surface area (Å²) in [5.41, 5.74) is 0. The third-order valence-corrected chi connectivity index (χ3v) is 0.341. The van der Waals surface area contributed by atoms with Crippen LogP contribution >= 0.6 is 0 Å². The van der Waals surface area contributed by atoms with Gasteiger partial charge in [-0.25, -0.2) is 5.11 Å². The predicted molar refractivity (Wildman–Crippen MR) is 20.3 cm³/mol. The molecule has 0 amide bonds. The van der Waals surface area contributed by atoms with Crippen LogP contribution in [0.4, 0.5) is 0 Å². The number of rotatable bonds is 1. The number of nitriles is 1. The summed E-state index contributed by atoms with van der Waals surface area (Å²) in [6.07, 6.45) is -0.190. The smallest absolute Gasteiger partial charge is 0.197 e. The minimum absolute atomic E-state index is 1.06. The van der Waals surface area contributed by atoms with E-state index in [-0.39, 0.29) is 0 Å². The first-order chi connectivity index (χ1) is 2.81. The van der Waals surface area contributed by atoms with Gasteiger partial charge in [0.15, 0.2) is 6.10 Å². The monoisotopic (exact) mass is 82.0 g/mol. The van der Waals surface area contributed by atoms with Crippen molar-refractivity contribution in [3.63, 3.8) is 0 Å². The highest BCUT2D eigenvalue weighted by Crippen LogP contribution is 1.75. The van der Waals surface area contributed by atoms with Crippen molar-refractivity contribution in [2.24, 2.45) is 0 Å². The van der Waals surface area contributed by atoms with Crippen LogP contribution in [0.2, 0.25) is 0 Å². The molecule has 1 unspecified atom stereocenters. The first-order valence-corrected chi connectivity index (χ1v) is 1.49. The normalized spacial score (nSPS) is 12.0. The van der Waals surface area contributed by atoms with E-state index < -0.39 is 6.10 Å². The molecule has 0 bridgehead atoms. The molecule has 0 fully saturated rings. The van der Waals surface area contributed by atoms with Gasteiger partial charge in [-0.1, -0.05) is 6.58 Å². The Hall–Kier alpha value is -0.810. The van der Waals surface area contributed by atoms with Crippen LogP contribution in [0.3, 0.4) is 0 Å². The summed E-state index contributed by atoms with van der Waals surface area (Å²) in [6.45, 7) is 3.10. The van der Waals surface area contributed by atoms with Crippen molar-refractivity contribution in [3.05, 3.63) is 12.7 Å². The molecular weight excluding hydrogens is 78.1 g/mol. The van der Waals surface area contributed by atoms with E-state index in [0.29, 0.717) is 0 Å². The van der Waals surface area contributed by atoms with Crippen LogP contribution in [-0.4, -0.2) is 6.10 Å². The second kappa shape index (κ2) is 2.43. The molecule has 0 aliphatic rings. The van der Waals surface area contributed by atoms with E-state index in [1.54, 1.807) is 0 Å². The average molecular weight is 82.1 g/mol. The molecule has 0 N–H and O–H groups in total. The lowest BCUT2D eigenvalue weighted by molar-refractivity contribution is 0.176. The molecule has 31 valence electrons. The van der Waals surface area contributed by atoms with Crippen molar-refractivity contribution in [1.82, 2.24) is 0 Å². The van der Waals surface area contributed by atoms with Gasteiger partial charge in [0.05, 0.1) is 0 Å². The van der Waals surface area contributed by atoms with Gasteiger partial charge >= 0.3 is 0 Å². The van der Waals surface area contributed by atoms with Crippen molar-refractivity contribution in [2.45, 2.75) is 6.10 Å². The zero-order chi connectivity index (χ0) is 4.99. The molecule has 1 radical (unpaired) electrons. The summed E-state index contributed by atoms with van der Waals surface area (Å²) in [6, 6.07) is 1.44. The largest absolute Gasteiger partial charge is 0.212 e. The highest BCUT2D eigenvalue weighted by molar-refractivity contribution is 4.94. The molecular formula is C4H4NO. The van der Waals surface area contributed by atoms with E-state index in [2.05, 4.69) is 6.58 Å². The van der Waals surface area contributed by atoms with E-state index in [4.69, 9.17) is 5.26 Å². The fraction of sp³-hybridized carbons (Fsp3) is 0.250. The highest BCUT2D eigenvalue weighted by atomic mass is 16.3. The van der Waals surface area contributed by atoms with Gasteiger partial charge in [-0.2, -0.15) is 5.26 Å².